The monoisotopic (exact) mass is 1210 g/mol. The van der Waals surface area contributed by atoms with Crippen LogP contribution in [0.25, 0.3) is 0 Å². The van der Waals surface area contributed by atoms with Crippen molar-refractivity contribution < 1.29 is 201 Å². The Bertz CT molecular complexity index is 1890. The van der Waals surface area contributed by atoms with Crippen LogP contribution in [0, 0.1) is 0 Å². The number of aliphatic hydroxyl groups excluding tert-OH is 2. The van der Waals surface area contributed by atoms with Crippen molar-refractivity contribution in [1.29, 1.82) is 0 Å². The summed E-state index contributed by atoms with van der Waals surface area (Å²) in [6.45, 7) is 6.23. The van der Waals surface area contributed by atoms with Crippen molar-refractivity contribution >= 4 is 75.9 Å². The van der Waals surface area contributed by atoms with E-state index in [4.69, 9.17) is 78.3 Å². The number of Topliss-reactive ketones (excluding diaryl/α,β-unsaturated/α-hetero) is 7. The molecule has 0 amide bonds. The van der Waals surface area contributed by atoms with Crippen molar-refractivity contribution in [2.24, 2.45) is 0 Å². The summed E-state index contributed by atoms with van der Waals surface area (Å²) in [5.74, 6) is -11.0. The molecule has 20 nitrogen and oxygen atoms in total. The summed E-state index contributed by atoms with van der Waals surface area (Å²) in [5.41, 5.74) is -0.874. The van der Waals surface area contributed by atoms with Gasteiger partial charge in [0.2, 0.25) is 0 Å². The van der Waals surface area contributed by atoms with Gasteiger partial charge in [0.25, 0.3) is 11.6 Å². The summed E-state index contributed by atoms with van der Waals surface area (Å²) in [7, 11) is 3.24. The van der Waals surface area contributed by atoms with Crippen LogP contribution < -0.4 is 34.7 Å². The number of aliphatic carboxylic acids is 1. The quantitative estimate of drug-likeness (QED) is 0.0265. The van der Waals surface area contributed by atoms with Crippen LogP contribution in [0.15, 0.2) is 58.6 Å². The van der Waals surface area contributed by atoms with Gasteiger partial charge in [-0.15, -0.1) is 5.60 Å². The number of aliphatic hydroxyl groups is 2. The fraction of sp³-hybridized carbons (Fsp3) is 0.452. The largest absolute Gasteiger partial charge is 1.00 e. The summed E-state index contributed by atoms with van der Waals surface area (Å²) in [4.78, 5) is 140. The predicted octanol–water partition coefficient (Wildman–Crippen LogP) is 7.03. The van der Waals surface area contributed by atoms with Crippen LogP contribution in [0.1, 0.15) is 105 Å². The molecule has 0 aromatic rings. The summed E-state index contributed by atoms with van der Waals surface area (Å²) in [6.07, 6.45) is 4.34. The number of methoxy groups -OCH3 is 3. The fourth-order valence-electron chi connectivity index (χ4n) is 3.66. The van der Waals surface area contributed by atoms with E-state index in [2.05, 4.69) is 14.2 Å². The molecule has 0 bridgehead atoms. The number of carbonyl (C=O) groups excluding carboxylic acids is 12. The average Bonchev–Trinajstić information content (AvgIpc) is 3.37. The van der Waals surface area contributed by atoms with E-state index < -0.39 is 64.1 Å². The molecule has 0 radical (unpaired) electrons. The van der Waals surface area contributed by atoms with Crippen molar-refractivity contribution in [2.45, 2.75) is 109 Å². The van der Waals surface area contributed by atoms with Crippen LogP contribution >= 0.6 is 0 Å². The molecule has 3 aliphatic rings. The summed E-state index contributed by atoms with van der Waals surface area (Å²) >= 11 is 0. The number of allylic oxidation sites excluding steroid dienone is 6. The summed E-state index contributed by atoms with van der Waals surface area (Å²) < 4.78 is 140. The smallest absolute Gasteiger partial charge is 0.850 e. The molecule has 0 saturated carbocycles. The molecule has 0 aromatic carbocycles. The van der Waals surface area contributed by atoms with E-state index in [0.717, 1.165) is 21.3 Å². The van der Waals surface area contributed by atoms with E-state index in [0.29, 0.717) is 12.2 Å². The Morgan fingerprint density at radius 1 is 0.468 bits per heavy atom. The van der Waals surface area contributed by atoms with Crippen molar-refractivity contribution in [3.05, 3.63) is 58.6 Å². The van der Waals surface area contributed by atoms with Gasteiger partial charge in [-0.25, -0.2) is 19.2 Å². The molecule has 0 saturated heterocycles. The van der Waals surface area contributed by atoms with Crippen LogP contribution in [0.4, 0.5) is 73.2 Å². The number of carbonyl (C=O) groups is 13. The van der Waals surface area contributed by atoms with Crippen LogP contribution in [0.2, 0.25) is 0 Å². The molecular formula is C42H63F16NaO20. The molecule has 3 rings (SSSR count). The van der Waals surface area contributed by atoms with Gasteiger partial charge in [-0.1, -0.05) is 76.1 Å². The van der Waals surface area contributed by atoms with E-state index in [1.165, 1.54) is 25.2 Å². The van der Waals surface area contributed by atoms with Crippen LogP contribution in [-0.4, -0.2) is 118 Å². The third-order valence-corrected chi connectivity index (χ3v) is 6.18. The minimum atomic E-state index is -1.73. The van der Waals surface area contributed by atoms with E-state index in [9.17, 15) is 77.6 Å². The normalized spacial score (nSPS) is 11.7. The van der Waals surface area contributed by atoms with Gasteiger partial charge in [0, 0.05) is 106 Å². The Labute approximate surface area is 464 Å². The summed E-state index contributed by atoms with van der Waals surface area (Å²) in [5, 5.41) is 37.2. The molecule has 464 valence electrons. The van der Waals surface area contributed by atoms with Gasteiger partial charge in [-0.3, -0.25) is 43.2 Å². The van der Waals surface area contributed by atoms with Crippen molar-refractivity contribution in [3.63, 3.8) is 0 Å². The molecule has 0 unspecified atom stereocenters. The van der Waals surface area contributed by atoms with Gasteiger partial charge in [0.15, 0.2) is 23.1 Å². The van der Waals surface area contributed by atoms with Gasteiger partial charge < -0.3 is 34.6 Å². The van der Waals surface area contributed by atoms with Gasteiger partial charge in [-0.05, 0) is 6.92 Å². The van der Waals surface area contributed by atoms with Crippen molar-refractivity contribution in [3.8, 4) is 0 Å². The number of rotatable bonds is 7. The van der Waals surface area contributed by atoms with Gasteiger partial charge >= 0.3 is 53.4 Å². The number of ether oxygens (including phenoxy) is 3. The van der Waals surface area contributed by atoms with Gasteiger partial charge in [0.1, 0.15) is 28.9 Å². The molecule has 0 aromatic heterocycles. The topological polar surface area (TPSA) is 333 Å². The number of carboxylic acids is 1. The maximum Gasteiger partial charge on any atom is 1.00 e. The molecule has 0 heterocycles. The molecule has 0 aliphatic heterocycles. The standard InChI is InChI=1S/C11H10O6.C10H8O6.C8H8O3.C4H6O4.C4H9O.5CH4.8F2.Na.H2/c1-17-11(16)10(15)5-9(14)7-3-2-6(12)4-8(7)13;11-5-1-2-6(7(12)3-5)8(13)4-9(14)10(15)16;1-5(9)7-3-2-6(10)4-8(7)11;1-7-3(5)4(6)8-2;1-4(2,3)5;;;;;;8*1-2;;/h3,5,14H,2,4H2,1H3;2,4,13H,1,3H2,(H,15,16);3H,2,4H2,1H3;1-2H3;1-3H3;5*1H4;;;;;;;;;;1H/q;;;;-1;;;;;;;;;;;;;;+1;. The average molecular weight is 1210 g/mol. The molecular weight excluding hydrogens is 1150 g/mol. The molecule has 37 heteroatoms. The SMILES string of the molecule is C.C.C.C.C.CC(=O)C1=CCC(=O)CC1=O.CC(C)(C)[O-].COC(=O)C(=O)C=C(O)C1=CCC(=O)CC1=O.COC(=O)C(=O)OC.FF.FF.FF.FF.FF.FF.FF.FF.O=C1CC=C(C(O)=CC(=O)C(=O)O)C(=O)C1.[HH].[Na+]. The predicted molar refractivity (Wildman–Crippen MR) is 241 cm³/mol. The number of carboxylic acid groups (broad SMARTS) is 1. The third kappa shape index (κ3) is 69.0. The Hall–Kier alpha value is -6.95. The van der Waals surface area contributed by atoms with Crippen molar-refractivity contribution in [1.82, 2.24) is 0 Å². The third-order valence-electron chi connectivity index (χ3n) is 6.18. The number of halogens is 16. The zero-order chi connectivity index (χ0) is 60.8. The molecule has 3 N–H and O–H groups in total. The Morgan fingerprint density at radius 3 is 0.848 bits per heavy atom. The minimum Gasteiger partial charge on any atom is -0.850 e. The first-order valence-corrected chi connectivity index (χ1v) is 17.2. The first kappa shape index (κ1) is 116. The van der Waals surface area contributed by atoms with Crippen molar-refractivity contribution in [2.75, 3.05) is 21.3 Å². The second-order valence-corrected chi connectivity index (χ2v) is 12.1. The van der Waals surface area contributed by atoms with E-state index in [1.807, 2.05) is 0 Å². The first-order valence-electron chi connectivity index (χ1n) is 17.2. The van der Waals surface area contributed by atoms with Crippen LogP contribution in [0.5, 0.6) is 0 Å². The van der Waals surface area contributed by atoms with E-state index >= 15 is 0 Å². The maximum absolute atomic E-state index is 11.3. The fourth-order valence-corrected chi connectivity index (χ4v) is 3.66. The van der Waals surface area contributed by atoms with Crippen LogP contribution in [0.3, 0.4) is 0 Å². The van der Waals surface area contributed by atoms with Gasteiger partial charge in [-0.2, -0.15) is 0 Å². The molecule has 0 atom stereocenters. The zero-order valence-electron chi connectivity index (χ0n) is 39.0. The maximum atomic E-state index is 11.3. The number of hydrogen-bond donors (Lipinski definition) is 3. The van der Waals surface area contributed by atoms with E-state index in [-0.39, 0.29) is 152 Å². The minimum absolute atomic E-state index is 0. The van der Waals surface area contributed by atoms with Gasteiger partial charge in [0.05, 0.1) is 57.3 Å². The second-order valence-electron chi connectivity index (χ2n) is 12.1. The Kier molecular flexibility index (Phi) is 114. The number of ketones is 9. The number of hydrogen-bond acceptors (Lipinski definition) is 19. The molecule has 3 aliphatic carbocycles. The number of esters is 3. The van der Waals surface area contributed by atoms with Crippen LogP contribution in [-0.2, 0) is 76.5 Å². The Morgan fingerprint density at radius 2 is 0.671 bits per heavy atom. The molecule has 0 fully saturated rings. The second kappa shape index (κ2) is 77.6. The molecule has 79 heavy (non-hydrogen) atoms. The Balaban J connectivity index is -0.0000000392. The first-order chi connectivity index (χ1) is 34.2. The van der Waals surface area contributed by atoms with E-state index in [1.54, 1.807) is 20.8 Å². The summed E-state index contributed by atoms with van der Waals surface area (Å²) in [6, 6.07) is 0. The zero-order valence-corrected chi connectivity index (χ0v) is 41.0. The molecule has 0 spiro atoms.